The fourth-order valence-corrected chi connectivity index (χ4v) is 2.43. The Balaban J connectivity index is 1.87. The van der Waals surface area contributed by atoms with E-state index in [9.17, 15) is 14.4 Å². The van der Waals surface area contributed by atoms with Gasteiger partial charge in [0.15, 0.2) is 0 Å². The Morgan fingerprint density at radius 1 is 0.828 bits per heavy atom. The van der Waals surface area contributed by atoms with Crippen molar-refractivity contribution in [2.75, 3.05) is 22.5 Å². The summed E-state index contributed by atoms with van der Waals surface area (Å²) in [5, 5.41) is 11.4. The molecule has 0 saturated carbocycles. The van der Waals surface area contributed by atoms with Crippen molar-refractivity contribution in [1.29, 1.82) is 0 Å². The van der Waals surface area contributed by atoms with Crippen LogP contribution in [0.1, 0.15) is 38.1 Å². The fraction of sp³-hybridized carbons (Fsp3) is 0.318. The zero-order valence-corrected chi connectivity index (χ0v) is 17.2. The Bertz CT molecular complexity index is 861. The molecule has 0 heterocycles. The van der Waals surface area contributed by atoms with Gasteiger partial charge >= 0.3 is 0 Å². The molecule has 29 heavy (non-hydrogen) atoms. The highest BCUT2D eigenvalue weighted by atomic mass is 16.2. The summed E-state index contributed by atoms with van der Waals surface area (Å²) in [6.07, 6.45) is 0. The van der Waals surface area contributed by atoms with E-state index in [1.165, 1.54) is 0 Å². The molecule has 0 aliphatic carbocycles. The topological polar surface area (TPSA) is 99.3 Å². The SMILES string of the molecule is CC(C)NC(=O)c1ccc(NCC(=O)Nc2cccc(NC(=O)C(C)C)c2)cc1. The molecule has 4 N–H and O–H groups in total. The predicted molar refractivity (Wildman–Crippen MR) is 116 cm³/mol. The number of hydrogen-bond acceptors (Lipinski definition) is 4. The van der Waals surface area contributed by atoms with E-state index in [1.54, 1.807) is 48.5 Å². The van der Waals surface area contributed by atoms with E-state index in [2.05, 4.69) is 21.3 Å². The van der Waals surface area contributed by atoms with Crippen LogP contribution in [0.4, 0.5) is 17.1 Å². The van der Waals surface area contributed by atoms with Crippen LogP contribution < -0.4 is 21.3 Å². The summed E-state index contributed by atoms with van der Waals surface area (Å²) in [6.45, 7) is 7.51. The third kappa shape index (κ3) is 7.29. The van der Waals surface area contributed by atoms with Crippen molar-refractivity contribution in [3.8, 4) is 0 Å². The van der Waals surface area contributed by atoms with Gasteiger partial charge in [-0.3, -0.25) is 14.4 Å². The lowest BCUT2D eigenvalue weighted by atomic mass is 10.2. The van der Waals surface area contributed by atoms with E-state index in [4.69, 9.17) is 0 Å². The van der Waals surface area contributed by atoms with Gasteiger partial charge in [-0.2, -0.15) is 0 Å². The van der Waals surface area contributed by atoms with Crippen LogP contribution in [0, 0.1) is 5.92 Å². The van der Waals surface area contributed by atoms with Crippen LogP contribution >= 0.6 is 0 Å². The van der Waals surface area contributed by atoms with Crippen molar-refractivity contribution < 1.29 is 14.4 Å². The highest BCUT2D eigenvalue weighted by Crippen LogP contribution is 2.16. The number of carbonyl (C=O) groups is 3. The first kappa shape index (κ1) is 21.9. The molecule has 0 aliphatic heterocycles. The second-order valence-electron chi connectivity index (χ2n) is 7.33. The standard InChI is InChI=1S/C22H28N4O3/c1-14(2)21(28)26-19-7-5-6-18(12-19)25-20(27)13-23-17-10-8-16(9-11-17)22(29)24-15(3)4/h5-12,14-15,23H,13H2,1-4H3,(H,24,29)(H,25,27)(H,26,28). The first-order valence-electron chi connectivity index (χ1n) is 9.60. The maximum atomic E-state index is 12.2. The zero-order chi connectivity index (χ0) is 21.4. The van der Waals surface area contributed by atoms with E-state index in [1.807, 2.05) is 27.7 Å². The van der Waals surface area contributed by atoms with Crippen molar-refractivity contribution in [3.63, 3.8) is 0 Å². The van der Waals surface area contributed by atoms with Crippen molar-refractivity contribution in [3.05, 3.63) is 54.1 Å². The molecular weight excluding hydrogens is 368 g/mol. The van der Waals surface area contributed by atoms with Crippen molar-refractivity contribution in [2.24, 2.45) is 5.92 Å². The monoisotopic (exact) mass is 396 g/mol. The molecule has 0 fully saturated rings. The van der Waals surface area contributed by atoms with Gasteiger partial charge in [0.1, 0.15) is 0 Å². The Labute approximate surface area is 171 Å². The van der Waals surface area contributed by atoms with Gasteiger partial charge in [-0.25, -0.2) is 0 Å². The number of hydrogen-bond donors (Lipinski definition) is 4. The molecule has 0 unspecified atom stereocenters. The molecule has 0 aromatic heterocycles. The quantitative estimate of drug-likeness (QED) is 0.549. The minimum absolute atomic E-state index is 0.0696. The summed E-state index contributed by atoms with van der Waals surface area (Å²) in [6, 6.07) is 14.0. The molecule has 7 heteroatoms. The average molecular weight is 396 g/mol. The van der Waals surface area contributed by atoms with Gasteiger partial charge in [-0.05, 0) is 56.3 Å². The average Bonchev–Trinajstić information content (AvgIpc) is 2.66. The Morgan fingerprint density at radius 2 is 1.45 bits per heavy atom. The van der Waals surface area contributed by atoms with Gasteiger partial charge in [0.2, 0.25) is 11.8 Å². The highest BCUT2D eigenvalue weighted by Gasteiger charge is 2.09. The molecule has 7 nitrogen and oxygen atoms in total. The molecule has 154 valence electrons. The molecule has 0 atom stereocenters. The van der Waals surface area contributed by atoms with E-state index in [0.29, 0.717) is 16.9 Å². The largest absolute Gasteiger partial charge is 0.376 e. The van der Waals surface area contributed by atoms with Gasteiger partial charge in [0, 0.05) is 34.6 Å². The minimum Gasteiger partial charge on any atom is -0.376 e. The van der Waals surface area contributed by atoms with Gasteiger partial charge in [0.05, 0.1) is 6.54 Å². The smallest absolute Gasteiger partial charge is 0.251 e. The van der Waals surface area contributed by atoms with Crippen LogP contribution in [-0.4, -0.2) is 30.3 Å². The van der Waals surface area contributed by atoms with Crippen molar-refractivity contribution in [2.45, 2.75) is 33.7 Å². The van der Waals surface area contributed by atoms with Crippen LogP contribution in [0.5, 0.6) is 0 Å². The van der Waals surface area contributed by atoms with Gasteiger partial charge in [0.25, 0.3) is 5.91 Å². The number of rotatable bonds is 8. The van der Waals surface area contributed by atoms with Crippen LogP contribution in [0.15, 0.2) is 48.5 Å². The van der Waals surface area contributed by atoms with Crippen molar-refractivity contribution in [1.82, 2.24) is 5.32 Å². The number of amides is 3. The fourth-order valence-electron chi connectivity index (χ4n) is 2.43. The lowest BCUT2D eigenvalue weighted by Crippen LogP contribution is -2.30. The molecule has 0 saturated heterocycles. The maximum Gasteiger partial charge on any atom is 0.251 e. The molecule has 3 amide bonds. The number of anilines is 3. The molecule has 2 rings (SSSR count). The molecular formula is C22H28N4O3. The Kier molecular flexibility index (Phi) is 7.77. The van der Waals surface area contributed by atoms with Gasteiger partial charge in [-0.15, -0.1) is 0 Å². The first-order chi connectivity index (χ1) is 13.7. The third-order valence-corrected chi connectivity index (χ3v) is 3.96. The lowest BCUT2D eigenvalue weighted by Gasteiger charge is -2.11. The summed E-state index contributed by atoms with van der Waals surface area (Å²) in [7, 11) is 0. The van der Waals surface area contributed by atoms with E-state index in [0.717, 1.165) is 5.69 Å². The molecule has 0 bridgehead atoms. The predicted octanol–water partition coefficient (Wildman–Crippen LogP) is 3.47. The van der Waals surface area contributed by atoms with Crippen LogP contribution in [0.2, 0.25) is 0 Å². The van der Waals surface area contributed by atoms with Crippen LogP contribution in [-0.2, 0) is 9.59 Å². The van der Waals surface area contributed by atoms with E-state index >= 15 is 0 Å². The molecule has 2 aromatic carbocycles. The molecule has 0 spiro atoms. The summed E-state index contributed by atoms with van der Waals surface area (Å²) >= 11 is 0. The summed E-state index contributed by atoms with van der Waals surface area (Å²) < 4.78 is 0. The Hall–Kier alpha value is -3.35. The van der Waals surface area contributed by atoms with Crippen LogP contribution in [0.3, 0.4) is 0 Å². The third-order valence-electron chi connectivity index (χ3n) is 3.96. The lowest BCUT2D eigenvalue weighted by molar-refractivity contribution is -0.119. The Morgan fingerprint density at radius 3 is 2.03 bits per heavy atom. The molecule has 2 aromatic rings. The van der Waals surface area contributed by atoms with Gasteiger partial charge in [-0.1, -0.05) is 19.9 Å². The molecule has 0 aliphatic rings. The minimum atomic E-state index is -0.223. The van der Waals surface area contributed by atoms with Crippen LogP contribution in [0.25, 0.3) is 0 Å². The van der Waals surface area contributed by atoms with Gasteiger partial charge < -0.3 is 21.3 Å². The summed E-state index contributed by atoms with van der Waals surface area (Å²) in [5.41, 5.74) is 2.52. The molecule has 0 radical (unpaired) electrons. The second kappa shape index (κ2) is 10.3. The maximum absolute atomic E-state index is 12.2. The van der Waals surface area contributed by atoms with E-state index < -0.39 is 0 Å². The zero-order valence-electron chi connectivity index (χ0n) is 17.2. The second-order valence-corrected chi connectivity index (χ2v) is 7.33. The normalized spacial score (nSPS) is 10.6. The number of carbonyl (C=O) groups excluding carboxylic acids is 3. The first-order valence-corrected chi connectivity index (χ1v) is 9.60. The summed E-state index contributed by atoms with van der Waals surface area (Å²) in [4.78, 5) is 35.9. The highest BCUT2D eigenvalue weighted by molar-refractivity contribution is 5.96. The number of nitrogens with one attached hydrogen (secondary N) is 4. The number of benzene rings is 2. The van der Waals surface area contributed by atoms with E-state index in [-0.39, 0.29) is 36.2 Å². The van der Waals surface area contributed by atoms with Crippen molar-refractivity contribution >= 4 is 34.8 Å². The summed E-state index contributed by atoms with van der Waals surface area (Å²) in [5.74, 6) is -0.561.